The molecule has 0 fully saturated rings. The van der Waals surface area contributed by atoms with E-state index in [0.717, 1.165) is 5.56 Å². The number of carbonyl (C=O) groups is 2. The van der Waals surface area contributed by atoms with E-state index in [0.29, 0.717) is 11.4 Å². The third-order valence-corrected chi connectivity index (χ3v) is 3.95. The first kappa shape index (κ1) is 18.5. The normalized spacial score (nSPS) is 11.5. The highest BCUT2D eigenvalue weighted by Gasteiger charge is 2.11. The summed E-state index contributed by atoms with van der Waals surface area (Å²) in [4.78, 5) is 23.0. The number of carbonyl (C=O) groups excluding carboxylic acids is 2. The first-order valence-corrected chi connectivity index (χ1v) is 8.22. The van der Waals surface area contributed by atoms with Crippen molar-refractivity contribution >= 4 is 17.5 Å². The van der Waals surface area contributed by atoms with Crippen molar-refractivity contribution in [1.82, 2.24) is 5.32 Å². The van der Waals surface area contributed by atoms with E-state index in [1.165, 1.54) is 18.1 Å². The second-order valence-corrected chi connectivity index (χ2v) is 6.13. The Bertz CT molecular complexity index is 754. The van der Waals surface area contributed by atoms with Crippen molar-refractivity contribution in [2.75, 3.05) is 11.9 Å². The van der Waals surface area contributed by atoms with Crippen molar-refractivity contribution in [2.24, 2.45) is 0 Å². The summed E-state index contributed by atoms with van der Waals surface area (Å²) >= 11 is 0. The predicted octanol–water partition coefficient (Wildman–Crippen LogP) is 3.52. The van der Waals surface area contributed by atoms with Crippen molar-refractivity contribution < 1.29 is 14.3 Å². The van der Waals surface area contributed by atoms with Gasteiger partial charge < -0.3 is 15.4 Å². The molecule has 0 aliphatic carbocycles. The second kappa shape index (κ2) is 8.33. The Kier molecular flexibility index (Phi) is 6.17. The molecule has 0 heterocycles. The van der Waals surface area contributed by atoms with E-state index in [-0.39, 0.29) is 24.5 Å². The molecule has 132 valence electrons. The van der Waals surface area contributed by atoms with Gasteiger partial charge in [-0.3, -0.25) is 9.59 Å². The van der Waals surface area contributed by atoms with Gasteiger partial charge in [-0.2, -0.15) is 0 Å². The Hall–Kier alpha value is -2.82. The summed E-state index contributed by atoms with van der Waals surface area (Å²) in [6.45, 7) is 7.46. The van der Waals surface area contributed by atoms with Crippen LogP contribution in [-0.4, -0.2) is 18.4 Å². The summed E-state index contributed by atoms with van der Waals surface area (Å²) in [5, 5.41) is 5.61. The van der Waals surface area contributed by atoms with Gasteiger partial charge in [-0.15, -0.1) is 0 Å². The van der Waals surface area contributed by atoms with Crippen LogP contribution < -0.4 is 15.4 Å². The summed E-state index contributed by atoms with van der Waals surface area (Å²) in [7, 11) is 0. The number of amides is 2. The first-order valence-electron chi connectivity index (χ1n) is 8.22. The van der Waals surface area contributed by atoms with Crippen LogP contribution in [0.4, 0.5) is 5.69 Å². The lowest BCUT2D eigenvalue weighted by Crippen LogP contribution is -2.31. The molecular formula is C20H24N2O3. The summed E-state index contributed by atoms with van der Waals surface area (Å²) in [6, 6.07) is 13.0. The molecule has 5 heteroatoms. The minimum atomic E-state index is -0.184. The Morgan fingerprint density at radius 2 is 1.72 bits per heavy atom. The van der Waals surface area contributed by atoms with Gasteiger partial charge in [0, 0.05) is 12.6 Å². The molecule has 0 aromatic heterocycles. The van der Waals surface area contributed by atoms with E-state index >= 15 is 0 Å². The van der Waals surface area contributed by atoms with Crippen LogP contribution in [0.15, 0.2) is 42.5 Å². The quantitative estimate of drug-likeness (QED) is 0.845. The van der Waals surface area contributed by atoms with E-state index < -0.39 is 0 Å². The van der Waals surface area contributed by atoms with E-state index in [9.17, 15) is 9.59 Å². The van der Waals surface area contributed by atoms with Crippen molar-refractivity contribution in [3.05, 3.63) is 59.2 Å². The fraction of sp³-hybridized carbons (Fsp3) is 0.300. The average molecular weight is 340 g/mol. The van der Waals surface area contributed by atoms with Crippen molar-refractivity contribution in [3.63, 3.8) is 0 Å². The fourth-order valence-electron chi connectivity index (χ4n) is 2.39. The van der Waals surface area contributed by atoms with Crippen LogP contribution in [0.2, 0.25) is 0 Å². The fourth-order valence-corrected chi connectivity index (χ4v) is 2.39. The lowest BCUT2D eigenvalue weighted by Gasteiger charge is -2.16. The van der Waals surface area contributed by atoms with Gasteiger partial charge in [0.2, 0.25) is 5.91 Å². The molecule has 0 aliphatic rings. The number of benzene rings is 2. The lowest BCUT2D eigenvalue weighted by atomic mass is 10.0. The smallest absolute Gasteiger partial charge is 0.258 e. The molecule has 0 bridgehead atoms. The largest absolute Gasteiger partial charge is 0.484 e. The standard InChI is InChI=1S/C20H24N2O3/c1-13-5-6-17(11-14(13)2)15(3)21-20(24)12-25-19-9-7-18(8-10-19)22-16(4)23/h5-11,15H,12H2,1-4H3,(H,21,24)(H,22,23). The third kappa shape index (κ3) is 5.64. The van der Waals surface area contributed by atoms with Gasteiger partial charge in [0.15, 0.2) is 6.61 Å². The molecule has 2 aromatic rings. The maximum atomic E-state index is 12.1. The van der Waals surface area contributed by atoms with E-state index in [1.807, 2.05) is 13.0 Å². The van der Waals surface area contributed by atoms with Crippen molar-refractivity contribution in [1.29, 1.82) is 0 Å². The summed E-state index contributed by atoms with van der Waals surface area (Å²) in [5.74, 6) is 0.258. The number of hydrogen-bond donors (Lipinski definition) is 2. The topological polar surface area (TPSA) is 67.4 Å². The van der Waals surface area contributed by atoms with Crippen LogP contribution >= 0.6 is 0 Å². The van der Waals surface area contributed by atoms with Crippen molar-refractivity contribution in [2.45, 2.75) is 33.7 Å². The molecule has 1 unspecified atom stereocenters. The highest BCUT2D eigenvalue weighted by molar-refractivity contribution is 5.88. The van der Waals surface area contributed by atoms with Gasteiger partial charge in [0.25, 0.3) is 5.91 Å². The van der Waals surface area contributed by atoms with Gasteiger partial charge in [-0.1, -0.05) is 18.2 Å². The molecule has 2 amide bonds. The van der Waals surface area contributed by atoms with Gasteiger partial charge in [0.1, 0.15) is 5.75 Å². The minimum Gasteiger partial charge on any atom is -0.484 e. The summed E-state index contributed by atoms with van der Waals surface area (Å²) < 4.78 is 5.48. The molecule has 2 N–H and O–H groups in total. The lowest BCUT2D eigenvalue weighted by molar-refractivity contribution is -0.123. The van der Waals surface area contributed by atoms with Gasteiger partial charge >= 0.3 is 0 Å². The van der Waals surface area contributed by atoms with Crippen LogP contribution in [0, 0.1) is 13.8 Å². The molecule has 25 heavy (non-hydrogen) atoms. The molecule has 0 saturated carbocycles. The number of anilines is 1. The van der Waals surface area contributed by atoms with E-state index in [1.54, 1.807) is 24.3 Å². The molecular weight excluding hydrogens is 316 g/mol. The highest BCUT2D eigenvalue weighted by atomic mass is 16.5. The molecule has 0 aliphatic heterocycles. The van der Waals surface area contributed by atoms with Crippen LogP contribution in [0.3, 0.4) is 0 Å². The maximum Gasteiger partial charge on any atom is 0.258 e. The molecule has 1 atom stereocenters. The van der Waals surface area contributed by atoms with Crippen LogP contribution in [-0.2, 0) is 9.59 Å². The average Bonchev–Trinajstić information content (AvgIpc) is 2.56. The van der Waals surface area contributed by atoms with E-state index in [2.05, 4.69) is 36.6 Å². The minimum absolute atomic E-state index is 0.0608. The monoisotopic (exact) mass is 340 g/mol. The number of nitrogens with one attached hydrogen (secondary N) is 2. The molecule has 0 spiro atoms. The molecule has 2 rings (SSSR count). The predicted molar refractivity (Wildman–Crippen MR) is 98.7 cm³/mol. The Morgan fingerprint density at radius 3 is 2.32 bits per heavy atom. The zero-order valence-corrected chi connectivity index (χ0v) is 15.1. The SMILES string of the molecule is CC(=O)Nc1ccc(OCC(=O)NC(C)c2ccc(C)c(C)c2)cc1. The number of aryl methyl sites for hydroxylation is 2. The summed E-state index contributed by atoms with van der Waals surface area (Å²) in [5.41, 5.74) is 4.19. The van der Waals surface area contributed by atoms with Crippen LogP contribution in [0.1, 0.15) is 36.6 Å². The van der Waals surface area contributed by atoms with E-state index in [4.69, 9.17) is 4.74 Å². The number of rotatable bonds is 6. The number of ether oxygens (including phenoxy) is 1. The highest BCUT2D eigenvalue weighted by Crippen LogP contribution is 2.17. The Labute approximate surface area is 148 Å². The third-order valence-electron chi connectivity index (χ3n) is 3.95. The van der Waals surface area contributed by atoms with Crippen LogP contribution in [0.25, 0.3) is 0 Å². The Morgan fingerprint density at radius 1 is 1.04 bits per heavy atom. The van der Waals surface area contributed by atoms with Gasteiger partial charge in [-0.25, -0.2) is 0 Å². The summed E-state index contributed by atoms with van der Waals surface area (Å²) in [6.07, 6.45) is 0. The molecule has 0 saturated heterocycles. The first-order chi connectivity index (χ1) is 11.8. The van der Waals surface area contributed by atoms with Crippen LogP contribution in [0.5, 0.6) is 5.75 Å². The number of hydrogen-bond acceptors (Lipinski definition) is 3. The zero-order valence-electron chi connectivity index (χ0n) is 15.1. The Balaban J connectivity index is 1.85. The van der Waals surface area contributed by atoms with Crippen molar-refractivity contribution in [3.8, 4) is 5.75 Å². The zero-order chi connectivity index (χ0) is 18.4. The molecule has 5 nitrogen and oxygen atoms in total. The molecule has 0 radical (unpaired) electrons. The maximum absolute atomic E-state index is 12.1. The molecule has 2 aromatic carbocycles. The van der Waals surface area contributed by atoms with Gasteiger partial charge in [0.05, 0.1) is 6.04 Å². The van der Waals surface area contributed by atoms with Gasteiger partial charge in [-0.05, 0) is 61.7 Å². The second-order valence-electron chi connectivity index (χ2n) is 6.13.